The fraction of sp³-hybridized carbons (Fsp3) is 0.263. The van der Waals surface area contributed by atoms with E-state index in [2.05, 4.69) is 37.4 Å². The van der Waals surface area contributed by atoms with Crippen molar-refractivity contribution >= 4 is 11.6 Å². The summed E-state index contributed by atoms with van der Waals surface area (Å²) >= 11 is 0. The molecule has 0 saturated heterocycles. The molecule has 26 heavy (non-hydrogen) atoms. The predicted octanol–water partition coefficient (Wildman–Crippen LogP) is 1.73. The van der Waals surface area contributed by atoms with Gasteiger partial charge in [-0.05, 0) is 31.0 Å². The standard InChI is InChI=1S/C19H20N6O/c1-14(24-10-8-15-5-2-3-7-17(15)24)19(26)22-11-16-6-4-9-21-18(16)25-13-20-12-23-25/h2-7,9,12-14H,8,10-11H2,1H3,(H,22,26)/t14-/m0/s1. The first-order chi connectivity index (χ1) is 12.7. The van der Waals surface area contributed by atoms with E-state index in [1.165, 1.54) is 11.9 Å². The smallest absolute Gasteiger partial charge is 0.242 e. The van der Waals surface area contributed by atoms with Crippen LogP contribution in [0.2, 0.25) is 0 Å². The van der Waals surface area contributed by atoms with E-state index in [0.29, 0.717) is 12.4 Å². The van der Waals surface area contributed by atoms with Gasteiger partial charge < -0.3 is 10.2 Å². The van der Waals surface area contributed by atoms with Crippen LogP contribution in [0.4, 0.5) is 5.69 Å². The first-order valence-corrected chi connectivity index (χ1v) is 8.65. The maximum atomic E-state index is 12.7. The average molecular weight is 348 g/mol. The molecule has 0 aliphatic carbocycles. The Kier molecular flexibility index (Phi) is 4.35. The third kappa shape index (κ3) is 3.03. The molecule has 3 aromatic rings. The summed E-state index contributed by atoms with van der Waals surface area (Å²) < 4.78 is 1.60. The number of rotatable bonds is 5. The highest BCUT2D eigenvalue weighted by Crippen LogP contribution is 2.29. The van der Waals surface area contributed by atoms with Gasteiger partial charge in [0.2, 0.25) is 5.91 Å². The Bertz CT molecular complexity index is 908. The highest BCUT2D eigenvalue weighted by molar-refractivity contribution is 5.85. The monoisotopic (exact) mass is 348 g/mol. The molecule has 2 aromatic heterocycles. The lowest BCUT2D eigenvalue weighted by Gasteiger charge is -2.26. The van der Waals surface area contributed by atoms with Gasteiger partial charge in [0.05, 0.1) is 0 Å². The summed E-state index contributed by atoms with van der Waals surface area (Å²) in [6, 6.07) is 11.8. The van der Waals surface area contributed by atoms with E-state index in [0.717, 1.165) is 24.2 Å². The first kappa shape index (κ1) is 16.3. The number of fused-ring (bicyclic) bond motifs is 1. The van der Waals surface area contributed by atoms with Gasteiger partial charge in [-0.15, -0.1) is 0 Å². The number of carbonyl (C=O) groups excluding carboxylic acids is 1. The molecule has 0 unspecified atom stereocenters. The molecule has 1 N–H and O–H groups in total. The molecule has 4 rings (SSSR count). The van der Waals surface area contributed by atoms with E-state index < -0.39 is 0 Å². The molecular formula is C19H20N6O. The van der Waals surface area contributed by atoms with Crippen molar-refractivity contribution in [3.63, 3.8) is 0 Å². The van der Waals surface area contributed by atoms with Crippen LogP contribution in [0.3, 0.4) is 0 Å². The van der Waals surface area contributed by atoms with Gasteiger partial charge in [-0.1, -0.05) is 24.3 Å². The molecule has 7 nitrogen and oxygen atoms in total. The highest BCUT2D eigenvalue weighted by Gasteiger charge is 2.27. The van der Waals surface area contributed by atoms with Crippen molar-refractivity contribution in [1.29, 1.82) is 0 Å². The number of carbonyl (C=O) groups is 1. The summed E-state index contributed by atoms with van der Waals surface area (Å²) in [7, 11) is 0. The summed E-state index contributed by atoms with van der Waals surface area (Å²) in [4.78, 5) is 23.2. The minimum absolute atomic E-state index is 0.00454. The molecule has 132 valence electrons. The fourth-order valence-corrected chi connectivity index (χ4v) is 3.33. The van der Waals surface area contributed by atoms with E-state index in [4.69, 9.17) is 0 Å². The third-order valence-corrected chi connectivity index (χ3v) is 4.73. The summed E-state index contributed by atoms with van der Waals surface area (Å²) in [5.74, 6) is 0.666. The van der Waals surface area contributed by atoms with Gasteiger partial charge in [-0.25, -0.2) is 14.6 Å². The molecule has 0 fully saturated rings. The van der Waals surface area contributed by atoms with Crippen LogP contribution in [-0.2, 0) is 17.8 Å². The minimum atomic E-state index is -0.231. The summed E-state index contributed by atoms with van der Waals surface area (Å²) in [5.41, 5.74) is 3.34. The normalized spacial score (nSPS) is 14.1. The van der Waals surface area contributed by atoms with Crippen LogP contribution < -0.4 is 10.2 Å². The molecule has 7 heteroatoms. The van der Waals surface area contributed by atoms with Crippen molar-refractivity contribution in [2.45, 2.75) is 25.9 Å². The Morgan fingerprint density at radius 2 is 2.15 bits per heavy atom. The van der Waals surface area contributed by atoms with Crippen molar-refractivity contribution in [3.05, 3.63) is 66.4 Å². The molecule has 1 aromatic carbocycles. The second-order valence-electron chi connectivity index (χ2n) is 6.29. The number of aromatic nitrogens is 4. The van der Waals surface area contributed by atoms with Gasteiger partial charge >= 0.3 is 0 Å². The molecule has 0 saturated carbocycles. The number of nitrogens with zero attached hydrogens (tertiary/aromatic N) is 5. The van der Waals surface area contributed by atoms with Gasteiger partial charge in [0.15, 0.2) is 5.82 Å². The van der Waals surface area contributed by atoms with E-state index in [1.807, 2.05) is 31.2 Å². The van der Waals surface area contributed by atoms with Crippen LogP contribution >= 0.6 is 0 Å². The van der Waals surface area contributed by atoms with Gasteiger partial charge in [0, 0.05) is 30.5 Å². The van der Waals surface area contributed by atoms with Crippen molar-refractivity contribution in [2.24, 2.45) is 0 Å². The topological polar surface area (TPSA) is 75.9 Å². The van der Waals surface area contributed by atoms with Gasteiger partial charge in [-0.2, -0.15) is 5.10 Å². The lowest BCUT2D eigenvalue weighted by atomic mass is 10.1. The van der Waals surface area contributed by atoms with Gasteiger partial charge in [0.25, 0.3) is 0 Å². The highest BCUT2D eigenvalue weighted by atomic mass is 16.2. The largest absolute Gasteiger partial charge is 0.359 e. The predicted molar refractivity (Wildman–Crippen MR) is 98.0 cm³/mol. The third-order valence-electron chi connectivity index (χ3n) is 4.73. The quantitative estimate of drug-likeness (QED) is 0.760. The number of nitrogens with one attached hydrogen (secondary N) is 1. The van der Waals surface area contributed by atoms with Crippen LogP contribution in [-0.4, -0.2) is 38.2 Å². The van der Waals surface area contributed by atoms with E-state index in [9.17, 15) is 4.79 Å². The fourth-order valence-electron chi connectivity index (χ4n) is 3.33. The summed E-state index contributed by atoms with van der Waals surface area (Å²) in [5, 5.41) is 7.15. The van der Waals surface area contributed by atoms with E-state index in [1.54, 1.807) is 17.2 Å². The SMILES string of the molecule is C[C@@H](C(=O)NCc1cccnc1-n1cncn1)N1CCc2ccccc21. The van der Waals surface area contributed by atoms with Crippen LogP contribution in [0, 0.1) is 0 Å². The zero-order valence-corrected chi connectivity index (χ0v) is 14.5. The summed E-state index contributed by atoms with van der Waals surface area (Å²) in [6.07, 6.45) is 5.74. The maximum Gasteiger partial charge on any atom is 0.242 e. The summed E-state index contributed by atoms with van der Waals surface area (Å²) in [6.45, 7) is 3.20. The van der Waals surface area contributed by atoms with Crippen molar-refractivity contribution in [3.8, 4) is 5.82 Å². The number of hydrogen-bond acceptors (Lipinski definition) is 5. The van der Waals surface area contributed by atoms with Crippen LogP contribution in [0.25, 0.3) is 5.82 Å². The Labute approximate surface area is 151 Å². The van der Waals surface area contributed by atoms with Gasteiger partial charge in [-0.3, -0.25) is 4.79 Å². The molecule has 3 heterocycles. The first-order valence-electron chi connectivity index (χ1n) is 8.65. The number of benzene rings is 1. The van der Waals surface area contributed by atoms with E-state index in [-0.39, 0.29) is 11.9 Å². The molecule has 0 bridgehead atoms. The zero-order valence-electron chi connectivity index (χ0n) is 14.5. The van der Waals surface area contributed by atoms with E-state index >= 15 is 0 Å². The lowest BCUT2D eigenvalue weighted by molar-refractivity contribution is -0.122. The zero-order chi connectivity index (χ0) is 17.9. The van der Waals surface area contributed by atoms with Gasteiger partial charge in [0.1, 0.15) is 18.7 Å². The molecular weight excluding hydrogens is 328 g/mol. The van der Waals surface area contributed by atoms with Crippen LogP contribution in [0.5, 0.6) is 0 Å². The second kappa shape index (κ2) is 6.95. The van der Waals surface area contributed by atoms with Crippen molar-refractivity contribution in [1.82, 2.24) is 25.1 Å². The number of para-hydroxylation sites is 1. The molecule has 1 atom stereocenters. The number of hydrogen-bond donors (Lipinski definition) is 1. The Morgan fingerprint density at radius 1 is 1.27 bits per heavy atom. The van der Waals surface area contributed by atoms with Crippen molar-refractivity contribution in [2.75, 3.05) is 11.4 Å². The van der Waals surface area contributed by atoms with Crippen LogP contribution in [0.1, 0.15) is 18.1 Å². The average Bonchev–Trinajstić information content (AvgIpc) is 3.35. The minimum Gasteiger partial charge on any atom is -0.359 e. The molecule has 0 spiro atoms. The Balaban J connectivity index is 1.45. The maximum absolute atomic E-state index is 12.7. The Morgan fingerprint density at radius 3 is 3.00 bits per heavy atom. The lowest BCUT2D eigenvalue weighted by Crippen LogP contribution is -2.44. The van der Waals surface area contributed by atoms with Crippen LogP contribution in [0.15, 0.2) is 55.2 Å². The van der Waals surface area contributed by atoms with Crippen molar-refractivity contribution < 1.29 is 4.79 Å². The second-order valence-corrected chi connectivity index (χ2v) is 6.29. The molecule has 0 radical (unpaired) electrons. The molecule has 1 amide bonds. The molecule has 1 aliphatic rings. The Hall–Kier alpha value is -3.22. The number of pyridine rings is 1. The number of anilines is 1. The number of amides is 1. The molecule has 1 aliphatic heterocycles.